The molecular formula is C7H5BrFNO2. The number of carbonyl (C=O) groups is 1. The van der Waals surface area contributed by atoms with Gasteiger partial charge in [-0.15, -0.1) is 0 Å². The van der Waals surface area contributed by atoms with Crippen molar-refractivity contribution in [2.24, 2.45) is 0 Å². The van der Waals surface area contributed by atoms with Crippen molar-refractivity contribution in [3.8, 4) is 0 Å². The van der Waals surface area contributed by atoms with E-state index in [1.807, 2.05) is 0 Å². The van der Waals surface area contributed by atoms with Gasteiger partial charge in [0, 0.05) is 10.7 Å². The third-order valence-corrected chi connectivity index (χ3v) is 1.96. The normalized spacial score (nSPS) is 9.83. The zero-order valence-electron chi connectivity index (χ0n) is 5.92. The van der Waals surface area contributed by atoms with Crippen LogP contribution >= 0.6 is 15.9 Å². The maximum absolute atomic E-state index is 12.5. The van der Waals surface area contributed by atoms with Gasteiger partial charge in [0.05, 0.1) is 6.42 Å². The zero-order chi connectivity index (χ0) is 9.14. The van der Waals surface area contributed by atoms with E-state index >= 15 is 0 Å². The molecule has 0 aliphatic rings. The third kappa shape index (κ3) is 2.27. The average Bonchev–Trinajstić information content (AvgIpc) is 1.96. The summed E-state index contributed by atoms with van der Waals surface area (Å²) in [6.45, 7) is 0. The molecule has 1 heterocycles. The second-order valence-corrected chi connectivity index (χ2v) is 3.02. The van der Waals surface area contributed by atoms with Crippen LogP contribution in [0.1, 0.15) is 5.56 Å². The largest absolute Gasteiger partial charge is 0.481 e. The summed E-state index contributed by atoms with van der Waals surface area (Å²) in [5.74, 6) is -1.67. The molecule has 0 aliphatic heterocycles. The highest BCUT2D eigenvalue weighted by molar-refractivity contribution is 9.10. The van der Waals surface area contributed by atoms with E-state index in [1.54, 1.807) is 0 Å². The second kappa shape index (κ2) is 3.62. The van der Waals surface area contributed by atoms with Crippen LogP contribution in [0.15, 0.2) is 16.7 Å². The summed E-state index contributed by atoms with van der Waals surface area (Å²) < 4.78 is 13.0. The summed E-state index contributed by atoms with van der Waals surface area (Å²) >= 11 is 3.07. The van der Waals surface area contributed by atoms with Crippen molar-refractivity contribution < 1.29 is 14.3 Å². The van der Waals surface area contributed by atoms with Crippen LogP contribution in [0.3, 0.4) is 0 Å². The summed E-state index contributed by atoms with van der Waals surface area (Å²) in [5.41, 5.74) is 0.384. The Hall–Kier alpha value is -0.970. The molecule has 0 saturated heterocycles. The quantitative estimate of drug-likeness (QED) is 0.790. The standard InChI is InChI=1S/C7H5BrFNO2/c8-5-3-10-6(9)1-4(5)2-7(11)12/h1,3H,2H2,(H,11,12). The Bertz CT molecular complexity index is 316. The number of halogens is 2. The van der Waals surface area contributed by atoms with Crippen LogP contribution in [-0.4, -0.2) is 16.1 Å². The van der Waals surface area contributed by atoms with Crippen LogP contribution in [0.4, 0.5) is 4.39 Å². The molecule has 0 fully saturated rings. The molecule has 1 aromatic rings. The van der Waals surface area contributed by atoms with E-state index < -0.39 is 11.9 Å². The van der Waals surface area contributed by atoms with Crippen molar-refractivity contribution in [1.82, 2.24) is 4.98 Å². The number of carboxylic acid groups (broad SMARTS) is 1. The van der Waals surface area contributed by atoms with Gasteiger partial charge >= 0.3 is 5.97 Å². The molecule has 1 N–H and O–H groups in total. The fourth-order valence-electron chi connectivity index (χ4n) is 0.750. The lowest BCUT2D eigenvalue weighted by Crippen LogP contribution is -2.01. The Morgan fingerprint density at radius 3 is 3.00 bits per heavy atom. The molecule has 0 aromatic carbocycles. The fraction of sp³-hybridized carbons (Fsp3) is 0.143. The van der Waals surface area contributed by atoms with Crippen molar-refractivity contribution in [2.75, 3.05) is 0 Å². The first-order valence-corrected chi connectivity index (χ1v) is 3.90. The Labute approximate surface area is 76.4 Å². The molecule has 0 saturated carbocycles. The lowest BCUT2D eigenvalue weighted by atomic mass is 10.2. The highest BCUT2D eigenvalue weighted by atomic mass is 79.9. The van der Waals surface area contributed by atoms with Gasteiger partial charge in [-0.3, -0.25) is 4.79 Å². The molecule has 12 heavy (non-hydrogen) atoms. The monoisotopic (exact) mass is 233 g/mol. The molecule has 0 amide bonds. The number of carboxylic acids is 1. The highest BCUT2D eigenvalue weighted by Crippen LogP contribution is 2.16. The first kappa shape index (κ1) is 9.12. The third-order valence-electron chi connectivity index (χ3n) is 1.24. The Morgan fingerprint density at radius 2 is 2.42 bits per heavy atom. The van der Waals surface area contributed by atoms with E-state index in [4.69, 9.17) is 5.11 Å². The first-order valence-electron chi connectivity index (χ1n) is 3.11. The van der Waals surface area contributed by atoms with Crippen molar-refractivity contribution in [1.29, 1.82) is 0 Å². The van der Waals surface area contributed by atoms with Gasteiger partial charge in [-0.25, -0.2) is 4.98 Å². The van der Waals surface area contributed by atoms with Gasteiger partial charge in [-0.05, 0) is 27.6 Å². The molecule has 0 aliphatic carbocycles. The average molecular weight is 234 g/mol. The number of pyridine rings is 1. The van der Waals surface area contributed by atoms with Gasteiger partial charge in [0.15, 0.2) is 0 Å². The number of hydrogen-bond donors (Lipinski definition) is 1. The van der Waals surface area contributed by atoms with E-state index in [0.717, 1.165) is 6.07 Å². The second-order valence-electron chi connectivity index (χ2n) is 2.17. The zero-order valence-corrected chi connectivity index (χ0v) is 7.51. The van der Waals surface area contributed by atoms with Crippen LogP contribution in [0, 0.1) is 5.95 Å². The molecule has 0 atom stereocenters. The molecule has 0 radical (unpaired) electrons. The van der Waals surface area contributed by atoms with Crippen LogP contribution < -0.4 is 0 Å². The Morgan fingerprint density at radius 1 is 1.75 bits per heavy atom. The van der Waals surface area contributed by atoms with Gasteiger partial charge in [0.2, 0.25) is 5.95 Å². The van der Waals surface area contributed by atoms with Crippen LogP contribution in [0.25, 0.3) is 0 Å². The van der Waals surface area contributed by atoms with Crippen molar-refractivity contribution in [3.05, 3.63) is 28.2 Å². The van der Waals surface area contributed by atoms with E-state index in [-0.39, 0.29) is 6.42 Å². The number of hydrogen-bond acceptors (Lipinski definition) is 2. The predicted molar refractivity (Wildman–Crippen MR) is 43.2 cm³/mol. The van der Waals surface area contributed by atoms with E-state index in [9.17, 15) is 9.18 Å². The minimum atomic E-state index is -0.999. The summed E-state index contributed by atoms with van der Waals surface area (Å²) in [4.78, 5) is 13.6. The molecular weight excluding hydrogens is 229 g/mol. The Balaban J connectivity index is 2.97. The number of rotatable bonds is 2. The molecule has 1 aromatic heterocycles. The minimum absolute atomic E-state index is 0.208. The molecule has 0 spiro atoms. The van der Waals surface area contributed by atoms with Crippen molar-refractivity contribution >= 4 is 21.9 Å². The van der Waals surface area contributed by atoms with Gasteiger partial charge in [0.1, 0.15) is 0 Å². The number of nitrogens with zero attached hydrogens (tertiary/aromatic N) is 1. The lowest BCUT2D eigenvalue weighted by Gasteiger charge is -1.99. The summed E-state index contributed by atoms with van der Waals surface area (Å²) in [6.07, 6.45) is 1.04. The summed E-state index contributed by atoms with van der Waals surface area (Å²) in [6, 6.07) is 1.10. The topological polar surface area (TPSA) is 50.2 Å². The van der Waals surface area contributed by atoms with E-state index in [2.05, 4.69) is 20.9 Å². The SMILES string of the molecule is O=C(O)Cc1cc(F)ncc1Br. The number of aromatic nitrogens is 1. The molecule has 3 nitrogen and oxygen atoms in total. The molecule has 0 unspecified atom stereocenters. The first-order chi connectivity index (χ1) is 5.59. The summed E-state index contributed by atoms with van der Waals surface area (Å²) in [7, 11) is 0. The van der Waals surface area contributed by atoms with Gasteiger partial charge in [0.25, 0.3) is 0 Å². The summed E-state index contributed by atoms with van der Waals surface area (Å²) in [5, 5.41) is 8.42. The molecule has 0 bridgehead atoms. The predicted octanol–water partition coefficient (Wildman–Crippen LogP) is 1.61. The molecule has 64 valence electrons. The molecule has 5 heteroatoms. The van der Waals surface area contributed by atoms with Gasteiger partial charge < -0.3 is 5.11 Å². The van der Waals surface area contributed by atoms with Crippen molar-refractivity contribution in [3.63, 3.8) is 0 Å². The fourth-order valence-corrected chi connectivity index (χ4v) is 1.11. The smallest absolute Gasteiger partial charge is 0.307 e. The number of aliphatic carboxylic acids is 1. The minimum Gasteiger partial charge on any atom is -0.481 e. The van der Waals surface area contributed by atoms with E-state index in [0.29, 0.717) is 10.0 Å². The van der Waals surface area contributed by atoms with Crippen LogP contribution in [0.2, 0.25) is 0 Å². The Kier molecular flexibility index (Phi) is 2.75. The van der Waals surface area contributed by atoms with Gasteiger partial charge in [-0.2, -0.15) is 4.39 Å². The van der Waals surface area contributed by atoms with Crippen LogP contribution in [0.5, 0.6) is 0 Å². The van der Waals surface area contributed by atoms with Crippen molar-refractivity contribution in [2.45, 2.75) is 6.42 Å². The van der Waals surface area contributed by atoms with Crippen LogP contribution in [-0.2, 0) is 11.2 Å². The van der Waals surface area contributed by atoms with E-state index in [1.165, 1.54) is 6.20 Å². The molecule has 1 rings (SSSR count). The maximum Gasteiger partial charge on any atom is 0.307 e. The highest BCUT2D eigenvalue weighted by Gasteiger charge is 2.06. The maximum atomic E-state index is 12.5. The lowest BCUT2D eigenvalue weighted by molar-refractivity contribution is -0.136. The van der Waals surface area contributed by atoms with Gasteiger partial charge in [-0.1, -0.05) is 0 Å².